The molecular weight excluding hydrogens is 230 g/mol. The first-order chi connectivity index (χ1) is 9.22. The second-order valence-electron chi connectivity index (χ2n) is 6.30. The van der Waals surface area contributed by atoms with E-state index in [0.717, 1.165) is 18.3 Å². The first kappa shape index (κ1) is 14.6. The monoisotopic (exact) mass is 259 g/mol. The lowest BCUT2D eigenvalue weighted by molar-refractivity contribution is 0.227. The van der Waals surface area contributed by atoms with E-state index in [1.54, 1.807) is 0 Å². The average molecular weight is 259 g/mol. The van der Waals surface area contributed by atoms with Crippen LogP contribution in [0.3, 0.4) is 0 Å². The molecule has 2 rings (SSSR count). The zero-order chi connectivity index (χ0) is 13.7. The van der Waals surface area contributed by atoms with E-state index in [9.17, 15) is 0 Å². The van der Waals surface area contributed by atoms with Crippen LogP contribution >= 0.6 is 0 Å². The largest absolute Gasteiger partial charge is 0.316 e. The molecule has 1 aromatic carbocycles. The SMILES string of the molecule is CCc1ccc(CC(NC)C2CCCC(C)C2)cc1. The van der Waals surface area contributed by atoms with Gasteiger partial charge in [-0.2, -0.15) is 0 Å². The third kappa shape index (κ3) is 4.07. The molecule has 0 radical (unpaired) electrons. The van der Waals surface area contributed by atoms with E-state index in [-0.39, 0.29) is 0 Å². The molecule has 106 valence electrons. The standard InChI is InChI=1S/C18H29N/c1-4-15-8-10-16(11-9-15)13-18(19-3)17-7-5-6-14(2)12-17/h8-11,14,17-19H,4-7,12-13H2,1-3H3. The fourth-order valence-electron chi connectivity index (χ4n) is 3.52. The third-order valence-corrected chi connectivity index (χ3v) is 4.80. The van der Waals surface area contributed by atoms with Gasteiger partial charge in [0.05, 0.1) is 0 Å². The lowest BCUT2D eigenvalue weighted by Gasteiger charge is -2.33. The minimum Gasteiger partial charge on any atom is -0.316 e. The van der Waals surface area contributed by atoms with Gasteiger partial charge in [-0.05, 0) is 55.7 Å². The number of likely N-dealkylation sites (N-methyl/N-ethyl adjacent to an activating group) is 1. The molecule has 1 aliphatic carbocycles. The van der Waals surface area contributed by atoms with Gasteiger partial charge < -0.3 is 5.32 Å². The van der Waals surface area contributed by atoms with Gasteiger partial charge in [0.15, 0.2) is 0 Å². The number of hydrogen-bond acceptors (Lipinski definition) is 1. The smallest absolute Gasteiger partial charge is 0.0133 e. The van der Waals surface area contributed by atoms with Gasteiger partial charge in [0.2, 0.25) is 0 Å². The van der Waals surface area contributed by atoms with Gasteiger partial charge in [-0.3, -0.25) is 0 Å². The highest BCUT2D eigenvalue weighted by Crippen LogP contribution is 2.31. The average Bonchev–Trinajstić information content (AvgIpc) is 2.45. The number of benzene rings is 1. The number of nitrogens with one attached hydrogen (secondary N) is 1. The normalized spacial score (nSPS) is 25.2. The van der Waals surface area contributed by atoms with E-state index < -0.39 is 0 Å². The van der Waals surface area contributed by atoms with Gasteiger partial charge in [-0.15, -0.1) is 0 Å². The Morgan fingerprint density at radius 2 is 1.84 bits per heavy atom. The minimum atomic E-state index is 0.648. The summed E-state index contributed by atoms with van der Waals surface area (Å²) in [7, 11) is 2.13. The summed E-state index contributed by atoms with van der Waals surface area (Å²) in [6.45, 7) is 4.63. The zero-order valence-corrected chi connectivity index (χ0v) is 12.8. The van der Waals surface area contributed by atoms with Gasteiger partial charge in [0, 0.05) is 6.04 Å². The first-order valence-electron chi connectivity index (χ1n) is 7.98. The summed E-state index contributed by atoms with van der Waals surface area (Å²) in [4.78, 5) is 0. The maximum absolute atomic E-state index is 3.57. The molecular formula is C18H29N. The van der Waals surface area contributed by atoms with E-state index in [1.165, 1.54) is 43.2 Å². The molecule has 0 aromatic heterocycles. The van der Waals surface area contributed by atoms with E-state index in [2.05, 4.69) is 50.5 Å². The van der Waals surface area contributed by atoms with Gasteiger partial charge >= 0.3 is 0 Å². The van der Waals surface area contributed by atoms with Crippen LogP contribution in [0.1, 0.15) is 50.7 Å². The van der Waals surface area contributed by atoms with Crippen molar-refractivity contribution in [3.63, 3.8) is 0 Å². The van der Waals surface area contributed by atoms with Crippen LogP contribution in [-0.4, -0.2) is 13.1 Å². The highest BCUT2D eigenvalue weighted by atomic mass is 14.9. The molecule has 1 N–H and O–H groups in total. The fourth-order valence-corrected chi connectivity index (χ4v) is 3.52. The van der Waals surface area contributed by atoms with Crippen molar-refractivity contribution in [2.75, 3.05) is 7.05 Å². The van der Waals surface area contributed by atoms with Gasteiger partial charge in [-0.1, -0.05) is 51.0 Å². The fraction of sp³-hybridized carbons (Fsp3) is 0.667. The Balaban J connectivity index is 1.97. The van der Waals surface area contributed by atoms with E-state index >= 15 is 0 Å². The van der Waals surface area contributed by atoms with Crippen molar-refractivity contribution in [1.29, 1.82) is 0 Å². The molecule has 1 nitrogen and oxygen atoms in total. The predicted molar refractivity (Wildman–Crippen MR) is 83.5 cm³/mol. The van der Waals surface area contributed by atoms with Crippen LogP contribution in [0.15, 0.2) is 24.3 Å². The molecule has 3 atom stereocenters. The Labute approximate surface area is 118 Å². The Kier molecular flexibility index (Phi) is 5.45. The van der Waals surface area contributed by atoms with Gasteiger partial charge in [-0.25, -0.2) is 0 Å². The topological polar surface area (TPSA) is 12.0 Å². The molecule has 1 fully saturated rings. The quantitative estimate of drug-likeness (QED) is 0.835. The molecule has 3 unspecified atom stereocenters. The van der Waals surface area contributed by atoms with Crippen molar-refractivity contribution >= 4 is 0 Å². The Morgan fingerprint density at radius 1 is 1.16 bits per heavy atom. The molecule has 0 saturated heterocycles. The molecule has 1 saturated carbocycles. The molecule has 1 aliphatic rings. The molecule has 0 heterocycles. The number of aryl methyl sites for hydroxylation is 1. The zero-order valence-electron chi connectivity index (χ0n) is 12.8. The summed E-state index contributed by atoms with van der Waals surface area (Å²) in [5.41, 5.74) is 2.92. The Hall–Kier alpha value is -0.820. The van der Waals surface area contributed by atoms with Crippen LogP contribution in [0.2, 0.25) is 0 Å². The van der Waals surface area contributed by atoms with Crippen LogP contribution in [0.5, 0.6) is 0 Å². The second-order valence-corrected chi connectivity index (χ2v) is 6.30. The molecule has 0 spiro atoms. The molecule has 0 aliphatic heterocycles. The molecule has 0 amide bonds. The summed E-state index contributed by atoms with van der Waals surface area (Å²) < 4.78 is 0. The minimum absolute atomic E-state index is 0.648. The maximum atomic E-state index is 3.57. The predicted octanol–water partition coefficient (Wildman–Crippen LogP) is 4.21. The second kappa shape index (κ2) is 7.09. The van der Waals surface area contributed by atoms with Crippen LogP contribution in [0, 0.1) is 11.8 Å². The van der Waals surface area contributed by atoms with Crippen molar-refractivity contribution in [3.8, 4) is 0 Å². The highest BCUT2D eigenvalue weighted by Gasteiger charge is 2.25. The van der Waals surface area contributed by atoms with E-state index in [4.69, 9.17) is 0 Å². The molecule has 19 heavy (non-hydrogen) atoms. The van der Waals surface area contributed by atoms with E-state index in [1.807, 2.05) is 0 Å². The maximum Gasteiger partial charge on any atom is 0.0133 e. The van der Waals surface area contributed by atoms with Gasteiger partial charge in [0.25, 0.3) is 0 Å². The molecule has 0 bridgehead atoms. The van der Waals surface area contributed by atoms with Crippen LogP contribution < -0.4 is 5.32 Å². The summed E-state index contributed by atoms with van der Waals surface area (Å²) in [5, 5.41) is 3.57. The number of rotatable bonds is 5. The Morgan fingerprint density at radius 3 is 2.42 bits per heavy atom. The summed E-state index contributed by atoms with van der Waals surface area (Å²) in [6, 6.07) is 9.84. The Bertz CT molecular complexity index is 368. The highest BCUT2D eigenvalue weighted by molar-refractivity contribution is 5.23. The van der Waals surface area contributed by atoms with Gasteiger partial charge in [0.1, 0.15) is 0 Å². The van der Waals surface area contributed by atoms with Crippen molar-refractivity contribution < 1.29 is 0 Å². The first-order valence-corrected chi connectivity index (χ1v) is 7.98. The summed E-state index contributed by atoms with van der Waals surface area (Å²) in [6.07, 6.45) is 7.96. The van der Waals surface area contributed by atoms with Crippen molar-refractivity contribution in [2.45, 2.75) is 58.4 Å². The van der Waals surface area contributed by atoms with Crippen LogP contribution in [-0.2, 0) is 12.8 Å². The van der Waals surface area contributed by atoms with Crippen molar-refractivity contribution in [2.24, 2.45) is 11.8 Å². The molecule has 1 heteroatoms. The lowest BCUT2D eigenvalue weighted by atomic mass is 9.77. The van der Waals surface area contributed by atoms with Crippen LogP contribution in [0.25, 0.3) is 0 Å². The third-order valence-electron chi connectivity index (χ3n) is 4.80. The van der Waals surface area contributed by atoms with E-state index in [0.29, 0.717) is 6.04 Å². The summed E-state index contributed by atoms with van der Waals surface area (Å²) >= 11 is 0. The van der Waals surface area contributed by atoms with Crippen LogP contribution in [0.4, 0.5) is 0 Å². The van der Waals surface area contributed by atoms with Crippen molar-refractivity contribution in [1.82, 2.24) is 5.32 Å². The lowest BCUT2D eigenvalue weighted by Crippen LogP contribution is -2.37. The van der Waals surface area contributed by atoms with Crippen molar-refractivity contribution in [3.05, 3.63) is 35.4 Å². The number of hydrogen-bond donors (Lipinski definition) is 1. The summed E-state index contributed by atoms with van der Waals surface area (Å²) in [5.74, 6) is 1.77. The molecule has 1 aromatic rings.